The van der Waals surface area contributed by atoms with Gasteiger partial charge in [-0.25, -0.2) is 0 Å². The van der Waals surface area contributed by atoms with E-state index >= 15 is 0 Å². The molecule has 0 N–H and O–H groups in total. The van der Waals surface area contributed by atoms with Crippen molar-refractivity contribution in [2.24, 2.45) is 0 Å². The molecule has 0 spiro atoms. The first kappa shape index (κ1) is 20.5. The second-order valence-corrected chi connectivity index (χ2v) is 8.45. The maximum atomic E-state index is 13.1. The van der Waals surface area contributed by atoms with Crippen LogP contribution >= 0.6 is 7.60 Å². The summed E-state index contributed by atoms with van der Waals surface area (Å²) < 4.78 is 24.6. The van der Waals surface area contributed by atoms with Gasteiger partial charge in [0.25, 0.3) is 0 Å². The first-order valence-corrected chi connectivity index (χ1v) is 8.04. The zero-order chi connectivity index (χ0) is 15.6. The van der Waals surface area contributed by atoms with Gasteiger partial charge in [-0.1, -0.05) is 12.1 Å². The molecule has 0 unspecified atom stereocenters. The number of hydrogen-bond acceptors (Lipinski definition) is 3. The number of rotatable bonds is 3. The van der Waals surface area contributed by atoms with Crippen LogP contribution in [0.3, 0.4) is 0 Å². The second kappa shape index (κ2) is 7.19. The van der Waals surface area contributed by atoms with Gasteiger partial charge >= 0.3 is 26.5 Å². The molecular formula is C16H22LiO3P. The molecule has 0 aromatic heterocycles. The second-order valence-electron chi connectivity index (χ2n) is 6.58. The van der Waals surface area contributed by atoms with Crippen LogP contribution in [0.1, 0.15) is 47.1 Å². The molecule has 0 heterocycles. The van der Waals surface area contributed by atoms with Crippen molar-refractivity contribution in [3.63, 3.8) is 0 Å². The largest absolute Gasteiger partial charge is 1.00 e. The van der Waals surface area contributed by atoms with Crippen molar-refractivity contribution < 1.29 is 32.5 Å². The maximum Gasteiger partial charge on any atom is 1.00 e. The van der Waals surface area contributed by atoms with Crippen molar-refractivity contribution in [3.8, 4) is 5.92 Å². The summed E-state index contributed by atoms with van der Waals surface area (Å²) in [6.45, 7) is 11.0. The summed E-state index contributed by atoms with van der Waals surface area (Å²) in [4.78, 5) is 0. The molecule has 0 aliphatic heterocycles. The van der Waals surface area contributed by atoms with E-state index in [1.165, 1.54) is 0 Å². The number of benzene rings is 1. The maximum absolute atomic E-state index is 13.1. The number of hydrogen-bond donors (Lipinski definition) is 0. The summed E-state index contributed by atoms with van der Waals surface area (Å²) in [5.74, 6) is 2.28. The van der Waals surface area contributed by atoms with Crippen molar-refractivity contribution >= 4 is 12.9 Å². The summed E-state index contributed by atoms with van der Waals surface area (Å²) in [5, 5.41) is 0.487. The molecular weight excluding hydrogens is 278 g/mol. The third kappa shape index (κ3) is 6.88. The van der Waals surface area contributed by atoms with Crippen LogP contribution in [-0.2, 0) is 13.6 Å². The fourth-order valence-corrected chi connectivity index (χ4v) is 3.78. The van der Waals surface area contributed by atoms with Crippen LogP contribution in [0.25, 0.3) is 0 Å². The SMILES string of the molecule is [C-]#Cc1ccc(P(=O)(OC(C)(C)C)OC(C)(C)C)cc1.[Li+]. The smallest absolute Gasteiger partial charge is 0.366 e. The standard InChI is InChI=1S/C16H22O3P.Li/c1-8-13-9-11-14(12-10-13)20(17,18-15(2,3)4)19-16(5,6)7;/h9-12H,2-7H3;/q-1;+1. The molecule has 0 atom stereocenters. The van der Waals surface area contributed by atoms with Crippen molar-refractivity contribution in [2.75, 3.05) is 0 Å². The van der Waals surface area contributed by atoms with Gasteiger partial charge in [0.15, 0.2) is 0 Å². The van der Waals surface area contributed by atoms with Crippen molar-refractivity contribution in [1.82, 2.24) is 0 Å². The first-order valence-electron chi connectivity index (χ1n) is 6.50. The van der Waals surface area contributed by atoms with Gasteiger partial charge in [0, 0.05) is 0 Å². The van der Waals surface area contributed by atoms with Crippen LogP contribution in [0, 0.1) is 12.3 Å². The molecule has 3 nitrogen and oxygen atoms in total. The van der Waals surface area contributed by atoms with Crippen LogP contribution in [0.4, 0.5) is 0 Å². The van der Waals surface area contributed by atoms with Crippen molar-refractivity contribution in [2.45, 2.75) is 52.7 Å². The predicted molar refractivity (Wildman–Crippen MR) is 81.6 cm³/mol. The van der Waals surface area contributed by atoms with Gasteiger partial charge < -0.3 is 6.42 Å². The Morgan fingerprint density at radius 2 is 1.33 bits per heavy atom. The average Bonchev–Trinajstić information content (AvgIpc) is 2.24. The molecule has 0 aliphatic rings. The molecule has 1 aromatic carbocycles. The Morgan fingerprint density at radius 3 is 1.62 bits per heavy atom. The fourth-order valence-electron chi connectivity index (χ4n) is 1.57. The van der Waals surface area contributed by atoms with Crippen LogP contribution in [0.15, 0.2) is 24.3 Å². The third-order valence-corrected chi connectivity index (χ3v) is 4.62. The molecule has 0 amide bonds. The summed E-state index contributed by atoms with van der Waals surface area (Å²) in [6, 6.07) is 6.67. The average molecular weight is 300 g/mol. The Labute approximate surface area is 140 Å². The van der Waals surface area contributed by atoms with Crippen LogP contribution < -0.4 is 24.2 Å². The Morgan fingerprint density at radius 1 is 0.952 bits per heavy atom. The Balaban J connectivity index is 0.00000400. The summed E-state index contributed by atoms with van der Waals surface area (Å²) in [5.41, 5.74) is -0.563. The fraction of sp³-hybridized carbons (Fsp3) is 0.500. The minimum Gasteiger partial charge on any atom is -0.366 e. The van der Waals surface area contributed by atoms with E-state index in [9.17, 15) is 4.57 Å². The van der Waals surface area contributed by atoms with E-state index in [1.54, 1.807) is 24.3 Å². The zero-order valence-corrected chi connectivity index (χ0v) is 14.9. The van der Waals surface area contributed by atoms with E-state index in [4.69, 9.17) is 15.5 Å². The normalized spacial score (nSPS) is 12.4. The molecule has 0 saturated carbocycles. The van der Waals surface area contributed by atoms with Crippen LogP contribution in [0.2, 0.25) is 0 Å². The van der Waals surface area contributed by atoms with Crippen molar-refractivity contribution in [3.05, 3.63) is 36.3 Å². The zero-order valence-electron chi connectivity index (χ0n) is 14.0. The first-order chi connectivity index (χ1) is 8.95. The minimum atomic E-state index is -3.43. The van der Waals surface area contributed by atoms with Crippen molar-refractivity contribution in [1.29, 1.82) is 0 Å². The summed E-state index contributed by atoms with van der Waals surface area (Å²) in [6.07, 6.45) is 7.08. The van der Waals surface area contributed by atoms with Gasteiger partial charge in [0.2, 0.25) is 0 Å². The molecule has 1 aromatic rings. The van der Waals surface area contributed by atoms with E-state index in [0.717, 1.165) is 0 Å². The van der Waals surface area contributed by atoms with E-state index < -0.39 is 18.8 Å². The molecule has 0 fully saturated rings. The Hall–Kier alpha value is -0.473. The van der Waals surface area contributed by atoms with E-state index in [0.29, 0.717) is 10.9 Å². The van der Waals surface area contributed by atoms with Crippen LogP contribution in [-0.4, -0.2) is 11.2 Å². The van der Waals surface area contributed by atoms with Gasteiger partial charge in [-0.15, -0.1) is 17.7 Å². The molecule has 110 valence electrons. The molecule has 0 radical (unpaired) electrons. The summed E-state index contributed by atoms with van der Waals surface area (Å²) >= 11 is 0. The monoisotopic (exact) mass is 300 g/mol. The van der Waals surface area contributed by atoms with Gasteiger partial charge in [-0.2, -0.15) is 0 Å². The summed E-state index contributed by atoms with van der Waals surface area (Å²) in [7, 11) is -3.43. The minimum absolute atomic E-state index is 0. The molecule has 0 bridgehead atoms. The molecule has 21 heavy (non-hydrogen) atoms. The van der Waals surface area contributed by atoms with E-state index in [-0.39, 0.29) is 18.9 Å². The van der Waals surface area contributed by atoms with E-state index in [1.807, 2.05) is 41.5 Å². The predicted octanol–water partition coefficient (Wildman–Crippen LogP) is 1.08. The van der Waals surface area contributed by atoms with Gasteiger partial charge in [-0.3, -0.25) is 19.5 Å². The van der Waals surface area contributed by atoms with E-state index in [2.05, 4.69) is 5.92 Å². The molecule has 5 heteroatoms. The third-order valence-electron chi connectivity index (χ3n) is 2.12. The quantitative estimate of drug-likeness (QED) is 0.363. The molecule has 0 saturated heterocycles. The molecule has 1 rings (SSSR count). The van der Waals surface area contributed by atoms with Crippen LogP contribution in [0.5, 0.6) is 0 Å². The van der Waals surface area contributed by atoms with Gasteiger partial charge in [-0.05, 0) is 41.5 Å². The topological polar surface area (TPSA) is 35.5 Å². The molecule has 0 aliphatic carbocycles. The van der Waals surface area contributed by atoms with Gasteiger partial charge in [0.1, 0.15) is 0 Å². The van der Waals surface area contributed by atoms with Gasteiger partial charge in [0.05, 0.1) is 16.5 Å². The Kier molecular flexibility index (Phi) is 7.03. The Bertz CT molecular complexity index is 525.